The molecule has 0 saturated heterocycles. The van der Waals surface area contributed by atoms with Crippen LogP contribution in [0.3, 0.4) is 0 Å². The van der Waals surface area contributed by atoms with Gasteiger partial charge in [-0.3, -0.25) is 79.1 Å². The number of amidine groups is 1. The molecule has 8 aromatic rings. The van der Waals surface area contributed by atoms with Crippen molar-refractivity contribution in [1.29, 1.82) is 0 Å². The first kappa shape index (κ1) is 132. The number of ether oxygens (including phenoxy) is 2. The van der Waals surface area contributed by atoms with E-state index < -0.39 is 94.6 Å². The maximum absolute atomic E-state index is 14.3. The van der Waals surface area contributed by atoms with Crippen molar-refractivity contribution >= 4 is 49.1 Å². The molecule has 0 aliphatic carbocycles. The topological polar surface area (TPSA) is 499 Å². The lowest BCUT2D eigenvalue weighted by Gasteiger charge is -2.36. The van der Waals surface area contributed by atoms with Gasteiger partial charge in [0, 0.05) is 6.61 Å². The second-order valence-corrected chi connectivity index (χ2v) is 42.3. The van der Waals surface area contributed by atoms with Crippen molar-refractivity contribution in [2.24, 2.45) is 44.0 Å². The highest BCUT2D eigenvalue weighted by molar-refractivity contribution is 6.74. The summed E-state index contributed by atoms with van der Waals surface area (Å²) in [6.45, 7) is 42.6. The van der Waals surface area contributed by atoms with Crippen LogP contribution in [0.25, 0.3) is 0 Å². The zero-order chi connectivity index (χ0) is 109. The Morgan fingerprint density at radius 2 is 0.673 bits per heavy atom. The Balaban J connectivity index is 0.000000868. The highest BCUT2D eigenvalue weighted by Gasteiger charge is 2.45. The summed E-state index contributed by atoms with van der Waals surface area (Å²) in [6, 6.07) is 19.3. The second-order valence-electron chi connectivity index (χ2n) is 37.5. The third-order valence-corrected chi connectivity index (χ3v) is 27.8. The number of halogens is 7. The fourth-order valence-electron chi connectivity index (χ4n) is 12.7. The number of hydrogen-bond acceptors (Lipinski definition) is 30. The van der Waals surface area contributed by atoms with Crippen LogP contribution >= 0.6 is 0 Å². The van der Waals surface area contributed by atoms with Crippen molar-refractivity contribution in [2.45, 2.75) is 350 Å². The van der Waals surface area contributed by atoms with Gasteiger partial charge in [0.15, 0.2) is 54.3 Å². The molecule has 45 heteroatoms. The number of aromatic nitrogens is 12. The van der Waals surface area contributed by atoms with Crippen LogP contribution in [0.4, 0.5) is 30.7 Å². The summed E-state index contributed by atoms with van der Waals surface area (Å²) >= 11 is 0. The lowest BCUT2D eigenvalue weighted by Crippen LogP contribution is -2.48. The van der Waals surface area contributed by atoms with E-state index in [0.29, 0.717) is 105 Å². The van der Waals surface area contributed by atoms with Crippen molar-refractivity contribution in [3.8, 4) is 0 Å². The number of rotatable bonds is 40. The summed E-state index contributed by atoms with van der Waals surface area (Å²) in [4.78, 5) is 128. The number of carbonyl (C=O) groups excluding carboxylic acids is 4. The Morgan fingerprint density at radius 1 is 0.429 bits per heavy atom. The number of nitrogens with zero attached hydrogens (tertiary/aromatic N) is 15. The van der Waals surface area contributed by atoms with Gasteiger partial charge in [-0.15, -0.1) is 0 Å². The van der Waals surface area contributed by atoms with Gasteiger partial charge in [-0.1, -0.05) is 225 Å². The Hall–Kier alpha value is -13.0. The van der Waals surface area contributed by atoms with Gasteiger partial charge in [-0.2, -0.15) is 0 Å². The monoisotopic (exact) mass is 2100 g/mol. The van der Waals surface area contributed by atoms with E-state index in [0.717, 1.165) is 62.8 Å². The number of unbranched alkanes of at least 4 members (excludes halogenated alkanes) is 2. The number of hydrogen-bond donors (Lipinski definition) is 3. The average molecular weight is 2100 g/mol. The van der Waals surface area contributed by atoms with E-state index in [1.54, 1.807) is 76.2 Å². The molecule has 6 N–H and O–H groups in total. The molecule has 6 aromatic heterocycles. The largest absolute Gasteiger partial charge is 0.454 e. The molecule has 0 bridgehead atoms. The van der Waals surface area contributed by atoms with E-state index in [1.165, 1.54) is 56.4 Å². The number of cyclic esters (lactones) is 2. The Bertz CT molecular complexity index is 6040. The molecule has 8 heterocycles. The van der Waals surface area contributed by atoms with Gasteiger partial charge < -0.3 is 31.1 Å². The molecule has 0 saturated carbocycles. The molecule has 6 atom stereocenters. The SMILES string of the molecule is C.C.C.CC(=O)C(C)(N)CC/C=C(/F)Cn1c(C)noc1=O.CC(=O)[C@@](C)(N)CC/C=C(/F)Cn1c(C)noc1=O.CC(N)=NC/C(F)=C\CC[C@]1(C)N=C(c2ccccc2)[C@@H](C(C)C)OC1=O.CCC/C=C(/F)Cn1c(C)noc1=O.CCC/C=C(/F)Cn1c(C)noc1=O.Cc1noc(=O)n1C/C(F)=C\CCO[Si](C)(C)C(C)(C)C.Cc1noc(=O)n1C/C(F)=C\CC[C@]1(C)N=C(c2ccccc2)[C@@H](C(C)C)OC1=O. The molecule has 10 rings (SSSR count). The number of Topliss-reactive ketones (excluding diaryl/α,β-unsaturated/α-hetero) is 2. The van der Waals surface area contributed by atoms with E-state index in [2.05, 4.69) is 96.9 Å². The molecule has 818 valence electrons. The average Bonchev–Trinajstić information content (AvgIpc) is 1.02. The summed E-state index contributed by atoms with van der Waals surface area (Å²) in [5, 5.41) is 20.9. The Labute approximate surface area is 854 Å². The zero-order valence-electron chi connectivity index (χ0n) is 86.8. The molecule has 0 fully saturated rings. The van der Waals surface area contributed by atoms with E-state index in [4.69, 9.17) is 41.1 Å². The predicted octanol–water partition coefficient (Wildman–Crippen LogP) is 18.5. The Morgan fingerprint density at radius 3 is 0.898 bits per heavy atom. The minimum atomic E-state index is -1.79. The smallest absolute Gasteiger partial charge is 0.441 e. The van der Waals surface area contributed by atoms with Crippen LogP contribution in [0, 0.1) is 53.4 Å². The summed E-state index contributed by atoms with van der Waals surface area (Å²) in [7, 11) is -1.79. The lowest BCUT2D eigenvalue weighted by molar-refractivity contribution is -0.156. The van der Waals surface area contributed by atoms with Crippen LogP contribution in [0.2, 0.25) is 18.1 Å². The number of ketones is 2. The highest BCUT2D eigenvalue weighted by Crippen LogP contribution is 2.37. The molecule has 0 spiro atoms. The normalized spacial score (nSPS) is 17.2. The van der Waals surface area contributed by atoms with Crippen LogP contribution in [-0.4, -0.2) is 155 Å². The minimum Gasteiger partial charge on any atom is -0.454 e. The van der Waals surface area contributed by atoms with Crippen LogP contribution in [0.5, 0.6) is 0 Å². The van der Waals surface area contributed by atoms with Crippen LogP contribution in [0.15, 0.2) is 215 Å². The van der Waals surface area contributed by atoms with Gasteiger partial charge >= 0.3 is 46.5 Å². The standard InChI is InChI=1S/C22H26FN3O4.C21H28FN3O2.C14H25FN2O3Si.2C12H18FN3O3.2C9H13FN2O2.3CH4/c1-14(2)19-18(16-9-6-5-7-10-16)24-22(4,20(27)29-19)12-8-11-17(23)13-26-15(3)25-30-21(26)28;1-14(2)19-18(16-9-6-5-7-10-16)25-21(4,20(26)27-19)12-8-11-17(22)13-24-15(3)23;1-11-16-20-13(18)17(11)10-12(15)8-7-9-19-21(5,6)14(2,3)4;2*1-8(17)12(3,14)6-4-5-10(13)7-16-9(2)15-19-11(16)18;2*1-3-4-5-8(10)6-12-7(2)11-14-9(12)13;;;/h5-7,9-11,14,19H,8,12-13H2,1-4H3;5-7,9-11,14,19H,8,12-13H2,1-4H3,(H2,23,24);8H,7,9-10H2,1-6H3;2*5H,4,6-7,14H2,1-3H3;2*5H,3-4,6H2,1-2H3;3*1H4/b2*17-11+;12-8+;2*10-5+;2*8-5+;;;/t19-,22+;19-,21+;;12-;;;;;;/m11.0....../s1. The van der Waals surface area contributed by atoms with Crippen molar-refractivity contribution in [1.82, 2.24) is 58.3 Å². The third kappa shape index (κ3) is 43.5. The summed E-state index contributed by atoms with van der Waals surface area (Å²) in [5.74, 6) is -5.46. The molecule has 2 aliphatic rings. The predicted molar refractivity (Wildman–Crippen MR) is 553 cm³/mol. The molecular formula is C102H153F7N18O19Si. The van der Waals surface area contributed by atoms with Gasteiger partial charge in [0.25, 0.3) is 0 Å². The number of benzene rings is 2. The fraction of sp³-hybridized carbons (Fsp3) is 0.559. The number of esters is 2. The van der Waals surface area contributed by atoms with Crippen LogP contribution in [0.1, 0.15) is 263 Å². The minimum absolute atomic E-state index is 0. The van der Waals surface area contributed by atoms with Gasteiger partial charge in [0.2, 0.25) is 0 Å². The number of allylic oxidation sites excluding steroid dienone is 12. The van der Waals surface area contributed by atoms with Crippen molar-refractivity contribution in [3.63, 3.8) is 0 Å². The first-order valence-corrected chi connectivity index (χ1v) is 50.0. The molecule has 0 amide bonds. The van der Waals surface area contributed by atoms with Crippen LogP contribution in [-0.2, 0) is 72.3 Å². The summed E-state index contributed by atoms with van der Waals surface area (Å²) in [5.41, 5.74) is 16.2. The summed E-state index contributed by atoms with van der Waals surface area (Å²) in [6.07, 6.45) is 15.1. The number of nitrogens with two attached hydrogens (primary N) is 3. The van der Waals surface area contributed by atoms with E-state index in [1.807, 2.05) is 102 Å². The first-order valence-electron chi connectivity index (χ1n) is 47.1. The maximum atomic E-state index is 14.3. The number of aliphatic imine (C=N–C) groups is 3. The van der Waals surface area contributed by atoms with Gasteiger partial charge in [-0.05, 0) is 208 Å². The maximum Gasteiger partial charge on any atom is 0.441 e. The molecular weight excluding hydrogens is 1940 g/mol. The van der Waals surface area contributed by atoms with E-state index in [-0.39, 0.29) is 145 Å². The first-order chi connectivity index (χ1) is 67.2. The van der Waals surface area contributed by atoms with Crippen molar-refractivity contribution in [3.05, 3.63) is 253 Å². The molecule has 37 nitrogen and oxygen atoms in total. The molecule has 1 unspecified atom stereocenters. The van der Waals surface area contributed by atoms with E-state index >= 15 is 0 Å². The third-order valence-electron chi connectivity index (χ3n) is 23.2. The molecule has 147 heavy (non-hydrogen) atoms. The molecule has 2 aliphatic heterocycles. The fourth-order valence-corrected chi connectivity index (χ4v) is 13.7. The lowest BCUT2D eigenvalue weighted by atomic mass is 9.89. The summed E-state index contributed by atoms with van der Waals surface area (Å²) < 4.78 is 146. The van der Waals surface area contributed by atoms with Crippen molar-refractivity contribution < 1.29 is 90.9 Å². The van der Waals surface area contributed by atoms with Gasteiger partial charge in [0.05, 0.1) is 74.2 Å². The van der Waals surface area contributed by atoms with Crippen molar-refractivity contribution in [2.75, 3.05) is 13.2 Å². The highest BCUT2D eigenvalue weighted by atomic mass is 28.4. The van der Waals surface area contributed by atoms with Gasteiger partial charge in [0.1, 0.15) is 64.6 Å². The zero-order valence-corrected chi connectivity index (χ0v) is 87.8. The Kier molecular flexibility index (Phi) is 55.8. The second kappa shape index (κ2) is 62.2. The van der Waals surface area contributed by atoms with Crippen LogP contribution < -0.4 is 51.7 Å². The van der Waals surface area contributed by atoms with Gasteiger partial charge in [-0.25, -0.2) is 69.1 Å². The molecule has 2 aromatic carbocycles. The quantitative estimate of drug-likeness (QED) is 0.00802. The number of carbonyl (C=O) groups is 4. The number of aryl methyl sites for hydroxylation is 6. The molecule has 0 radical (unpaired) electrons. The van der Waals surface area contributed by atoms with E-state index in [9.17, 15) is 78.7 Å².